The Morgan fingerprint density at radius 3 is 2.60 bits per heavy atom. The van der Waals surface area contributed by atoms with E-state index >= 15 is 0 Å². The number of hydrogen-bond donors (Lipinski definition) is 1. The van der Waals surface area contributed by atoms with E-state index in [1.165, 1.54) is 22.4 Å². The quantitative estimate of drug-likeness (QED) is 0.901. The molecule has 1 saturated heterocycles. The summed E-state index contributed by atoms with van der Waals surface area (Å²) in [4.78, 5) is 14.7. The van der Waals surface area contributed by atoms with Crippen LogP contribution in [0.5, 0.6) is 0 Å². The first-order valence-corrected chi connectivity index (χ1v) is 8.89. The maximum atomic E-state index is 12.4. The topological polar surface area (TPSA) is 32.3 Å². The molecule has 128 valence electrons. The van der Waals surface area contributed by atoms with E-state index in [1.807, 2.05) is 0 Å². The Bertz CT molecular complexity index is 868. The summed E-state index contributed by atoms with van der Waals surface area (Å²) >= 11 is 0. The second-order valence-electron chi connectivity index (χ2n) is 7.55. The van der Waals surface area contributed by atoms with Gasteiger partial charge in [-0.15, -0.1) is 0 Å². The third-order valence-electron chi connectivity index (χ3n) is 5.83. The average molecular weight is 332 g/mol. The van der Waals surface area contributed by atoms with Gasteiger partial charge in [-0.3, -0.25) is 4.79 Å². The van der Waals surface area contributed by atoms with Crippen LogP contribution >= 0.6 is 0 Å². The predicted octanol–water partition coefficient (Wildman–Crippen LogP) is 4.02. The van der Waals surface area contributed by atoms with Crippen molar-refractivity contribution in [3.63, 3.8) is 0 Å². The second-order valence-corrected chi connectivity index (χ2v) is 7.55. The van der Waals surface area contributed by atoms with Gasteiger partial charge in [0.15, 0.2) is 0 Å². The lowest BCUT2D eigenvalue weighted by atomic mass is 9.74. The summed E-state index contributed by atoms with van der Waals surface area (Å²) in [5.74, 6) is 0.117. The van der Waals surface area contributed by atoms with E-state index in [0.717, 1.165) is 6.54 Å². The Hall–Kier alpha value is -2.55. The number of hydrogen-bond acceptors (Lipinski definition) is 2. The lowest BCUT2D eigenvalue weighted by molar-refractivity contribution is -0.124. The van der Waals surface area contributed by atoms with Crippen molar-refractivity contribution < 1.29 is 4.79 Å². The van der Waals surface area contributed by atoms with Crippen LogP contribution in [-0.4, -0.2) is 18.1 Å². The Labute approximate surface area is 149 Å². The number of anilines is 1. The molecular weight excluding hydrogens is 308 g/mol. The van der Waals surface area contributed by atoms with E-state index in [4.69, 9.17) is 0 Å². The molecule has 0 bridgehead atoms. The van der Waals surface area contributed by atoms with Crippen molar-refractivity contribution in [3.05, 3.63) is 71.3 Å². The first kappa shape index (κ1) is 15.9. The number of nitrogens with one attached hydrogen (secondary N) is 1. The molecule has 25 heavy (non-hydrogen) atoms. The Kier molecular flexibility index (Phi) is 3.50. The van der Waals surface area contributed by atoms with Gasteiger partial charge in [0.2, 0.25) is 5.91 Å². The van der Waals surface area contributed by atoms with Gasteiger partial charge >= 0.3 is 0 Å². The maximum Gasteiger partial charge on any atom is 0.223 e. The fraction of sp³-hybridized carbons (Fsp3) is 0.318. The fourth-order valence-electron chi connectivity index (χ4n) is 4.30. The zero-order chi connectivity index (χ0) is 17.7. The van der Waals surface area contributed by atoms with E-state index in [1.54, 1.807) is 0 Å². The van der Waals surface area contributed by atoms with Crippen LogP contribution in [0, 0.1) is 6.92 Å². The van der Waals surface area contributed by atoms with E-state index in [2.05, 4.69) is 91.7 Å². The highest BCUT2D eigenvalue weighted by Gasteiger charge is 2.57. The summed E-state index contributed by atoms with van der Waals surface area (Å²) in [5, 5.41) is 3.32. The molecule has 2 heterocycles. The van der Waals surface area contributed by atoms with Crippen LogP contribution in [0.25, 0.3) is 6.08 Å². The number of aryl methyl sites for hydroxylation is 1. The van der Waals surface area contributed by atoms with Gasteiger partial charge in [-0.05, 0) is 35.8 Å². The van der Waals surface area contributed by atoms with Gasteiger partial charge in [-0.2, -0.15) is 0 Å². The molecule has 2 aliphatic heterocycles. The van der Waals surface area contributed by atoms with Gasteiger partial charge in [-0.1, -0.05) is 62.4 Å². The normalized spacial score (nSPS) is 24.1. The molecule has 3 nitrogen and oxygen atoms in total. The third-order valence-corrected chi connectivity index (χ3v) is 5.83. The number of carbonyl (C=O) groups is 1. The Balaban J connectivity index is 1.86. The summed E-state index contributed by atoms with van der Waals surface area (Å²) < 4.78 is 0. The minimum Gasteiger partial charge on any atom is -0.344 e. The van der Waals surface area contributed by atoms with Crippen LogP contribution in [0.1, 0.15) is 37.0 Å². The van der Waals surface area contributed by atoms with Crippen LogP contribution in [0.4, 0.5) is 5.69 Å². The van der Waals surface area contributed by atoms with Crippen LogP contribution in [0.15, 0.2) is 54.6 Å². The van der Waals surface area contributed by atoms with E-state index in [9.17, 15) is 4.79 Å². The molecule has 1 atom stereocenters. The molecule has 3 heteroatoms. The number of carbonyl (C=O) groups excluding carboxylic acids is 1. The predicted molar refractivity (Wildman–Crippen MR) is 103 cm³/mol. The maximum absolute atomic E-state index is 12.4. The zero-order valence-electron chi connectivity index (χ0n) is 15.0. The van der Waals surface area contributed by atoms with Gasteiger partial charge in [0.25, 0.3) is 0 Å². The summed E-state index contributed by atoms with van der Waals surface area (Å²) in [6.07, 6.45) is 4.87. The van der Waals surface area contributed by atoms with Crippen LogP contribution < -0.4 is 10.2 Å². The number of rotatable bonds is 2. The number of nitrogens with zero attached hydrogens (tertiary/aromatic N) is 1. The van der Waals surface area contributed by atoms with Crippen molar-refractivity contribution in [1.29, 1.82) is 0 Å². The molecule has 1 amide bonds. The molecular formula is C22H24N2O. The van der Waals surface area contributed by atoms with E-state index in [-0.39, 0.29) is 11.3 Å². The average Bonchev–Trinajstić information content (AvgIpc) is 2.79. The standard InChI is InChI=1S/C22H24N2O/c1-16-8-4-5-9-17(16)12-14-22-21(2,3)18-10-6-7-11-19(18)24(22)15-13-20(25)23-22/h4-12,14H,13,15H2,1-3H3,(H,23,25). The SMILES string of the molecule is Cc1ccccc1C=CC12NC(=O)CCN1c1ccccc1C2(C)C. The van der Waals surface area contributed by atoms with Crippen molar-refractivity contribution >= 4 is 17.7 Å². The third kappa shape index (κ3) is 2.22. The van der Waals surface area contributed by atoms with Crippen molar-refractivity contribution in [2.75, 3.05) is 11.4 Å². The molecule has 1 N–H and O–H groups in total. The molecule has 4 rings (SSSR count). The summed E-state index contributed by atoms with van der Waals surface area (Å²) in [6, 6.07) is 16.8. The van der Waals surface area contributed by atoms with Gasteiger partial charge in [0, 0.05) is 24.1 Å². The second kappa shape index (κ2) is 5.48. The van der Waals surface area contributed by atoms with Gasteiger partial charge in [-0.25, -0.2) is 0 Å². The van der Waals surface area contributed by atoms with Crippen LogP contribution in [0.2, 0.25) is 0 Å². The highest BCUT2D eigenvalue weighted by Crippen LogP contribution is 2.52. The lowest BCUT2D eigenvalue weighted by Gasteiger charge is -2.49. The number of fused-ring (bicyclic) bond motifs is 3. The number of amides is 1. The summed E-state index contributed by atoms with van der Waals surface area (Å²) in [5.41, 5.74) is 4.17. The Morgan fingerprint density at radius 2 is 1.80 bits per heavy atom. The van der Waals surface area contributed by atoms with Crippen molar-refractivity contribution in [3.8, 4) is 0 Å². The largest absolute Gasteiger partial charge is 0.344 e. The van der Waals surface area contributed by atoms with Crippen molar-refractivity contribution in [2.24, 2.45) is 0 Å². The minimum absolute atomic E-state index is 0.117. The highest BCUT2D eigenvalue weighted by atomic mass is 16.2. The molecule has 0 aromatic heterocycles. The van der Waals surface area contributed by atoms with Crippen molar-refractivity contribution in [2.45, 2.75) is 38.3 Å². The summed E-state index contributed by atoms with van der Waals surface area (Å²) in [6.45, 7) is 7.30. The molecule has 2 aromatic carbocycles. The van der Waals surface area contributed by atoms with E-state index in [0.29, 0.717) is 6.42 Å². The first-order valence-electron chi connectivity index (χ1n) is 8.89. The van der Waals surface area contributed by atoms with Crippen LogP contribution in [0.3, 0.4) is 0 Å². The van der Waals surface area contributed by atoms with Gasteiger partial charge < -0.3 is 10.2 Å². The number of benzene rings is 2. The molecule has 2 aliphatic rings. The van der Waals surface area contributed by atoms with Crippen molar-refractivity contribution in [1.82, 2.24) is 5.32 Å². The number of para-hydroxylation sites is 1. The smallest absolute Gasteiger partial charge is 0.223 e. The fourth-order valence-corrected chi connectivity index (χ4v) is 4.30. The van der Waals surface area contributed by atoms with Crippen LogP contribution in [-0.2, 0) is 10.2 Å². The van der Waals surface area contributed by atoms with Gasteiger partial charge in [0.1, 0.15) is 5.66 Å². The summed E-state index contributed by atoms with van der Waals surface area (Å²) in [7, 11) is 0. The molecule has 0 radical (unpaired) electrons. The molecule has 1 fully saturated rings. The zero-order valence-corrected chi connectivity index (χ0v) is 15.0. The van der Waals surface area contributed by atoms with Gasteiger partial charge in [0.05, 0.1) is 0 Å². The Morgan fingerprint density at radius 1 is 1.08 bits per heavy atom. The minimum atomic E-state index is -0.533. The molecule has 0 aliphatic carbocycles. The molecule has 1 unspecified atom stereocenters. The molecule has 0 spiro atoms. The molecule has 0 saturated carbocycles. The lowest BCUT2D eigenvalue weighted by Crippen LogP contribution is -2.68. The van der Waals surface area contributed by atoms with E-state index < -0.39 is 5.66 Å². The molecule has 2 aromatic rings. The monoisotopic (exact) mass is 332 g/mol. The first-order chi connectivity index (χ1) is 12.0. The highest BCUT2D eigenvalue weighted by molar-refractivity contribution is 5.84.